The molecule has 0 aromatic carbocycles. The van der Waals surface area contributed by atoms with Crippen molar-refractivity contribution in [2.45, 2.75) is 70.5 Å². The molecule has 0 spiro atoms. The van der Waals surface area contributed by atoms with Crippen molar-refractivity contribution in [1.82, 2.24) is 35.0 Å². The Bertz CT molecular complexity index is 738. The van der Waals surface area contributed by atoms with Crippen molar-refractivity contribution in [3.05, 3.63) is 35.9 Å². The highest BCUT2D eigenvalue weighted by atomic mass is 15.6. The molecule has 3 heterocycles. The maximum Gasteiger partial charge on any atom is 0.173 e. The molecule has 1 saturated heterocycles. The molecule has 2 aromatic rings. The molecule has 1 aliphatic carbocycles. The minimum absolute atomic E-state index is 0.0384. The average molecular weight is 384 g/mol. The normalized spacial score (nSPS) is 21.7. The van der Waals surface area contributed by atoms with Gasteiger partial charge in [-0.15, -0.1) is 5.10 Å². The first-order chi connectivity index (χ1) is 13.5. The Morgan fingerprint density at radius 1 is 1.04 bits per heavy atom. The zero-order valence-electron chi connectivity index (χ0n) is 17.5. The van der Waals surface area contributed by atoms with Crippen molar-refractivity contribution >= 4 is 0 Å². The van der Waals surface area contributed by atoms with Crippen molar-refractivity contribution in [3.63, 3.8) is 0 Å². The van der Waals surface area contributed by atoms with Crippen LogP contribution in [0.1, 0.15) is 70.3 Å². The number of pyridine rings is 1. The molecule has 152 valence electrons. The molecule has 7 nitrogen and oxygen atoms in total. The number of piperazine rings is 1. The summed E-state index contributed by atoms with van der Waals surface area (Å²) in [6.45, 7) is 10.8. The van der Waals surface area contributed by atoms with Crippen molar-refractivity contribution in [3.8, 4) is 0 Å². The molecule has 0 amide bonds. The van der Waals surface area contributed by atoms with Gasteiger partial charge in [0.1, 0.15) is 0 Å². The molecule has 28 heavy (non-hydrogen) atoms. The van der Waals surface area contributed by atoms with E-state index in [9.17, 15) is 0 Å². The van der Waals surface area contributed by atoms with Gasteiger partial charge in [0.2, 0.25) is 0 Å². The maximum absolute atomic E-state index is 4.46. The van der Waals surface area contributed by atoms with E-state index in [1.807, 2.05) is 23.1 Å². The zero-order valence-corrected chi connectivity index (χ0v) is 17.5. The van der Waals surface area contributed by atoms with Gasteiger partial charge in [0.15, 0.2) is 5.82 Å². The van der Waals surface area contributed by atoms with Crippen LogP contribution in [0.3, 0.4) is 0 Å². The topological polar surface area (TPSA) is 63.0 Å². The van der Waals surface area contributed by atoms with Gasteiger partial charge in [-0.25, -0.2) is 4.68 Å². The van der Waals surface area contributed by atoms with Crippen LogP contribution in [0.15, 0.2) is 24.5 Å². The second kappa shape index (κ2) is 8.25. The zero-order chi connectivity index (χ0) is 19.6. The second-order valence-corrected chi connectivity index (χ2v) is 9.17. The number of hydrogen-bond acceptors (Lipinski definition) is 6. The van der Waals surface area contributed by atoms with Gasteiger partial charge >= 0.3 is 0 Å². The summed E-state index contributed by atoms with van der Waals surface area (Å²) in [4.78, 5) is 9.62. The van der Waals surface area contributed by atoms with Gasteiger partial charge < -0.3 is 0 Å². The summed E-state index contributed by atoms with van der Waals surface area (Å²) in [6.07, 6.45) is 10.7. The molecule has 0 bridgehead atoms. The summed E-state index contributed by atoms with van der Waals surface area (Å²) in [6, 6.07) is 4.97. The van der Waals surface area contributed by atoms with Crippen molar-refractivity contribution in [2.24, 2.45) is 0 Å². The highest BCUT2D eigenvalue weighted by Gasteiger charge is 2.34. The monoisotopic (exact) mass is 383 g/mol. The van der Waals surface area contributed by atoms with E-state index in [1.54, 1.807) is 0 Å². The fourth-order valence-electron chi connectivity index (χ4n) is 4.71. The molecule has 4 rings (SSSR count). The lowest BCUT2D eigenvalue weighted by atomic mass is 9.93. The SMILES string of the molecule is CC(C)(C)n1nnnc1[C@@H](c1cccnc1)N1CCN(C2CCCCC2)CC1. The molecule has 2 aromatic heterocycles. The first kappa shape index (κ1) is 19.5. The van der Waals surface area contributed by atoms with E-state index in [2.05, 4.69) is 57.1 Å². The van der Waals surface area contributed by atoms with Gasteiger partial charge in [-0.1, -0.05) is 25.3 Å². The van der Waals surface area contributed by atoms with Crippen LogP contribution in [-0.2, 0) is 5.54 Å². The van der Waals surface area contributed by atoms with E-state index in [1.165, 1.54) is 32.1 Å². The van der Waals surface area contributed by atoms with Gasteiger partial charge in [0.05, 0.1) is 11.6 Å². The lowest BCUT2D eigenvalue weighted by molar-refractivity contribution is 0.0608. The number of nitrogens with zero attached hydrogens (tertiary/aromatic N) is 7. The van der Waals surface area contributed by atoms with Crippen LogP contribution >= 0.6 is 0 Å². The predicted molar refractivity (Wildman–Crippen MR) is 109 cm³/mol. The van der Waals surface area contributed by atoms with E-state index < -0.39 is 0 Å². The molecule has 1 saturated carbocycles. The first-order valence-electron chi connectivity index (χ1n) is 10.7. The van der Waals surface area contributed by atoms with Crippen LogP contribution in [-0.4, -0.2) is 67.2 Å². The molecular formula is C21H33N7. The Hall–Kier alpha value is -1.86. The largest absolute Gasteiger partial charge is 0.298 e. The van der Waals surface area contributed by atoms with E-state index in [4.69, 9.17) is 0 Å². The maximum atomic E-state index is 4.46. The molecule has 1 atom stereocenters. The van der Waals surface area contributed by atoms with Crippen LogP contribution in [0.4, 0.5) is 0 Å². The quantitative estimate of drug-likeness (QED) is 0.809. The second-order valence-electron chi connectivity index (χ2n) is 9.17. The lowest BCUT2D eigenvalue weighted by Crippen LogP contribution is -2.52. The third-order valence-corrected chi connectivity index (χ3v) is 6.18. The molecule has 7 heteroatoms. The molecule has 2 fully saturated rings. The Morgan fingerprint density at radius 3 is 2.43 bits per heavy atom. The van der Waals surface area contributed by atoms with Crippen molar-refractivity contribution in [1.29, 1.82) is 0 Å². The third kappa shape index (κ3) is 4.10. The molecule has 2 aliphatic rings. The molecule has 0 N–H and O–H groups in total. The van der Waals surface area contributed by atoms with E-state index in [0.29, 0.717) is 0 Å². The lowest BCUT2D eigenvalue weighted by Gasteiger charge is -2.43. The van der Waals surface area contributed by atoms with Gasteiger partial charge in [0, 0.05) is 44.6 Å². The summed E-state index contributed by atoms with van der Waals surface area (Å²) in [5.74, 6) is 0.909. The number of aromatic nitrogens is 5. The van der Waals surface area contributed by atoms with E-state index in [-0.39, 0.29) is 11.6 Å². The van der Waals surface area contributed by atoms with Crippen molar-refractivity contribution < 1.29 is 0 Å². The Kier molecular flexibility index (Phi) is 5.73. The van der Waals surface area contributed by atoms with Gasteiger partial charge in [-0.05, 0) is 55.7 Å². The highest BCUT2D eigenvalue weighted by molar-refractivity contribution is 5.22. The summed E-state index contributed by atoms with van der Waals surface area (Å²) in [7, 11) is 0. The minimum atomic E-state index is -0.163. The van der Waals surface area contributed by atoms with E-state index >= 15 is 0 Å². The highest BCUT2D eigenvalue weighted by Crippen LogP contribution is 2.31. The predicted octanol–water partition coefficient (Wildman–Crippen LogP) is 2.86. The van der Waals surface area contributed by atoms with Crippen LogP contribution in [0.2, 0.25) is 0 Å². The smallest absolute Gasteiger partial charge is 0.173 e. The summed E-state index contributed by atoms with van der Waals surface area (Å²) in [5, 5.41) is 12.8. The molecular weight excluding hydrogens is 350 g/mol. The number of tetrazole rings is 1. The summed E-state index contributed by atoms with van der Waals surface area (Å²) < 4.78 is 1.97. The molecule has 0 radical (unpaired) electrons. The van der Waals surface area contributed by atoms with Crippen LogP contribution in [0.5, 0.6) is 0 Å². The van der Waals surface area contributed by atoms with Crippen molar-refractivity contribution in [2.75, 3.05) is 26.2 Å². The van der Waals surface area contributed by atoms with Gasteiger partial charge in [-0.2, -0.15) is 0 Å². The summed E-state index contributed by atoms with van der Waals surface area (Å²) in [5.41, 5.74) is 0.998. The van der Waals surface area contributed by atoms with Crippen LogP contribution in [0, 0.1) is 0 Å². The minimum Gasteiger partial charge on any atom is -0.298 e. The first-order valence-corrected chi connectivity index (χ1v) is 10.7. The average Bonchev–Trinajstić information content (AvgIpc) is 3.20. The Morgan fingerprint density at radius 2 is 1.79 bits per heavy atom. The third-order valence-electron chi connectivity index (χ3n) is 6.18. The fourth-order valence-corrected chi connectivity index (χ4v) is 4.71. The molecule has 0 unspecified atom stereocenters. The standard InChI is InChI=1S/C21H33N7/c1-21(2,3)28-20(23-24-25-28)19(17-8-7-11-22-16-17)27-14-12-26(13-15-27)18-9-5-4-6-10-18/h7-8,11,16,18-19H,4-6,9-10,12-15H2,1-3H3/t19-/m1/s1. The fraction of sp³-hybridized carbons (Fsp3) is 0.714. The number of hydrogen-bond donors (Lipinski definition) is 0. The Labute approximate surface area is 168 Å². The van der Waals surface area contributed by atoms with Gasteiger partial charge in [0.25, 0.3) is 0 Å². The Balaban J connectivity index is 1.57. The van der Waals surface area contributed by atoms with E-state index in [0.717, 1.165) is 43.6 Å². The number of rotatable bonds is 4. The van der Waals surface area contributed by atoms with Gasteiger partial charge in [-0.3, -0.25) is 14.8 Å². The van der Waals surface area contributed by atoms with Crippen LogP contribution < -0.4 is 0 Å². The summed E-state index contributed by atoms with van der Waals surface area (Å²) >= 11 is 0. The molecule has 1 aliphatic heterocycles. The van der Waals surface area contributed by atoms with Crippen LogP contribution in [0.25, 0.3) is 0 Å².